The summed E-state index contributed by atoms with van der Waals surface area (Å²) in [5.41, 5.74) is 1.45. The third kappa shape index (κ3) is 4.39. The number of carboxylic acids is 1. The number of allylic oxidation sites excluding steroid dienone is 2. The Balaban J connectivity index is 1.25. The maximum absolute atomic E-state index is 13.0. The van der Waals surface area contributed by atoms with Crippen LogP contribution in [-0.4, -0.2) is 47.7 Å². The molecule has 236 valence electrons. The molecule has 5 nitrogen and oxygen atoms in total. The van der Waals surface area contributed by atoms with Gasteiger partial charge in [-0.3, -0.25) is 9.59 Å². The Kier molecular flexibility index (Phi) is 7.35. The van der Waals surface area contributed by atoms with Crippen molar-refractivity contribution >= 4 is 11.9 Å². The second-order valence-electron chi connectivity index (χ2n) is 17.8. The zero-order chi connectivity index (χ0) is 30.3. The molecule has 5 heteroatoms. The van der Waals surface area contributed by atoms with E-state index in [0.717, 1.165) is 71.0 Å². The zero-order valence-electron chi connectivity index (χ0n) is 27.8. The third-order valence-corrected chi connectivity index (χ3v) is 15.1. The fraction of sp³-hybridized carbons (Fsp3) is 0.892. The molecule has 0 aromatic rings. The molecule has 2 unspecified atom stereocenters. The zero-order valence-corrected chi connectivity index (χ0v) is 27.8. The number of carbonyl (C=O) groups is 2. The highest BCUT2D eigenvalue weighted by molar-refractivity contribution is 5.76. The average molecular weight is 582 g/mol. The second kappa shape index (κ2) is 10.1. The predicted octanol–water partition coefficient (Wildman–Crippen LogP) is 8.27. The monoisotopic (exact) mass is 581 g/mol. The fourth-order valence-corrected chi connectivity index (χ4v) is 12.3. The Morgan fingerprint density at radius 3 is 2.29 bits per heavy atom. The highest BCUT2D eigenvalue weighted by Crippen LogP contribution is 2.75. The first-order chi connectivity index (χ1) is 19.6. The van der Waals surface area contributed by atoms with E-state index in [9.17, 15) is 14.7 Å². The van der Waals surface area contributed by atoms with E-state index in [1.165, 1.54) is 31.3 Å². The Labute approximate surface area is 255 Å². The average Bonchev–Trinajstić information content (AvgIpc) is 3.43. The smallest absolute Gasteiger partial charge is 0.310 e. The summed E-state index contributed by atoms with van der Waals surface area (Å²) in [5, 5.41) is 10.6. The SMILES string of the molecule is CC1(C)CC[C@]2(C(=O)O)CC[C@]3(C)C(=CCC4[C@@]5(C)CC[C@H](OC(=O)CCN6CCCC6)C(C)(C)C5CC[C@]43C)[C@@H]2C1. The summed E-state index contributed by atoms with van der Waals surface area (Å²) in [6.07, 6.45) is 15.7. The first kappa shape index (κ1) is 30.7. The van der Waals surface area contributed by atoms with Crippen LogP contribution in [0.4, 0.5) is 0 Å². The molecule has 1 heterocycles. The van der Waals surface area contributed by atoms with Gasteiger partial charge in [0.2, 0.25) is 0 Å². The first-order valence-electron chi connectivity index (χ1n) is 17.4. The van der Waals surface area contributed by atoms with Crippen molar-refractivity contribution in [2.45, 2.75) is 138 Å². The number of nitrogens with zero attached hydrogens (tertiary/aromatic N) is 1. The van der Waals surface area contributed by atoms with Gasteiger partial charge in [0.1, 0.15) is 6.10 Å². The summed E-state index contributed by atoms with van der Waals surface area (Å²) in [4.78, 5) is 28.3. The topological polar surface area (TPSA) is 66.8 Å². The van der Waals surface area contributed by atoms with E-state index in [4.69, 9.17) is 4.74 Å². The maximum Gasteiger partial charge on any atom is 0.310 e. The number of hydrogen-bond donors (Lipinski definition) is 1. The van der Waals surface area contributed by atoms with E-state index in [2.05, 4.69) is 59.4 Å². The summed E-state index contributed by atoms with van der Waals surface area (Å²) in [6, 6.07) is 0. The van der Waals surface area contributed by atoms with Crippen LogP contribution in [-0.2, 0) is 14.3 Å². The van der Waals surface area contributed by atoms with Gasteiger partial charge in [0.15, 0.2) is 0 Å². The highest BCUT2D eigenvalue weighted by atomic mass is 16.5. The van der Waals surface area contributed by atoms with Gasteiger partial charge in [-0.25, -0.2) is 0 Å². The summed E-state index contributed by atoms with van der Waals surface area (Å²) in [7, 11) is 0. The minimum atomic E-state index is -0.579. The molecule has 0 aromatic carbocycles. The Bertz CT molecular complexity index is 1130. The van der Waals surface area contributed by atoms with Crippen molar-refractivity contribution in [2.75, 3.05) is 19.6 Å². The van der Waals surface area contributed by atoms with E-state index in [1.54, 1.807) is 0 Å². The van der Waals surface area contributed by atoms with Crippen LogP contribution in [0.2, 0.25) is 0 Å². The number of rotatable bonds is 5. The van der Waals surface area contributed by atoms with Crippen LogP contribution >= 0.6 is 0 Å². The summed E-state index contributed by atoms with van der Waals surface area (Å²) >= 11 is 0. The highest BCUT2D eigenvalue weighted by Gasteiger charge is 2.69. The largest absolute Gasteiger partial charge is 0.481 e. The van der Waals surface area contributed by atoms with Crippen LogP contribution in [0, 0.1) is 50.2 Å². The lowest BCUT2D eigenvalue weighted by molar-refractivity contribution is -0.214. The molecule has 0 spiro atoms. The molecule has 4 saturated carbocycles. The molecule has 0 aromatic heterocycles. The quantitative estimate of drug-likeness (QED) is 0.261. The number of likely N-dealkylation sites (tertiary alicyclic amines) is 1. The van der Waals surface area contributed by atoms with Crippen LogP contribution in [0.25, 0.3) is 0 Å². The number of ether oxygens (including phenoxy) is 1. The molecule has 8 atom stereocenters. The standard InChI is InChI=1S/C37H59NO4/c1-32(2)17-19-37(31(40)41)20-18-35(6)25(26(37)24-32)10-11-28-34(5)15-13-29(33(3,4)27(34)12-16-36(28,35)7)42-30(39)14-23-38-21-8-9-22-38/h10,26-29H,8-9,11-24H2,1-7H3,(H,40,41)/t26-,27?,28?,29-,34-,35+,36+,37-/m0/s1. The van der Waals surface area contributed by atoms with Gasteiger partial charge < -0.3 is 14.7 Å². The van der Waals surface area contributed by atoms with Gasteiger partial charge in [-0.1, -0.05) is 60.1 Å². The molecule has 1 N–H and O–H groups in total. The third-order valence-electron chi connectivity index (χ3n) is 15.1. The van der Waals surface area contributed by atoms with Gasteiger partial charge in [0.25, 0.3) is 0 Å². The minimum Gasteiger partial charge on any atom is -0.481 e. The molecule has 0 amide bonds. The Morgan fingerprint density at radius 2 is 1.60 bits per heavy atom. The van der Waals surface area contributed by atoms with Crippen molar-refractivity contribution in [3.05, 3.63) is 11.6 Å². The lowest BCUT2D eigenvalue weighted by atomic mass is 9.33. The molecule has 6 rings (SSSR count). The van der Waals surface area contributed by atoms with E-state index >= 15 is 0 Å². The molecular weight excluding hydrogens is 522 g/mol. The van der Waals surface area contributed by atoms with Gasteiger partial charge >= 0.3 is 11.9 Å². The van der Waals surface area contributed by atoms with E-state index in [1.807, 2.05) is 0 Å². The van der Waals surface area contributed by atoms with Crippen molar-refractivity contribution in [3.8, 4) is 0 Å². The lowest BCUT2D eigenvalue weighted by Crippen LogP contribution is -2.65. The lowest BCUT2D eigenvalue weighted by Gasteiger charge is -2.71. The van der Waals surface area contributed by atoms with Crippen LogP contribution in [0.1, 0.15) is 132 Å². The van der Waals surface area contributed by atoms with E-state index < -0.39 is 11.4 Å². The molecule has 5 aliphatic carbocycles. The molecular formula is C37H59NO4. The van der Waals surface area contributed by atoms with Gasteiger partial charge in [0, 0.05) is 12.0 Å². The van der Waals surface area contributed by atoms with Crippen molar-refractivity contribution in [2.24, 2.45) is 50.2 Å². The molecule has 0 bridgehead atoms. The second-order valence-corrected chi connectivity index (χ2v) is 17.8. The van der Waals surface area contributed by atoms with Gasteiger partial charge in [0.05, 0.1) is 11.8 Å². The number of aliphatic carboxylic acids is 1. The number of carboxylic acid groups (broad SMARTS) is 1. The Hall–Kier alpha value is -1.36. The predicted molar refractivity (Wildman–Crippen MR) is 167 cm³/mol. The number of fused-ring (bicyclic) bond motifs is 7. The molecule has 0 radical (unpaired) electrons. The van der Waals surface area contributed by atoms with Crippen LogP contribution in [0.15, 0.2) is 11.6 Å². The normalized spacial score (nSPS) is 45.9. The summed E-state index contributed by atoms with van der Waals surface area (Å²) < 4.78 is 6.31. The van der Waals surface area contributed by atoms with Gasteiger partial charge in [-0.2, -0.15) is 0 Å². The van der Waals surface area contributed by atoms with Crippen LogP contribution in [0.3, 0.4) is 0 Å². The number of carbonyl (C=O) groups excluding carboxylic acids is 1. The first-order valence-corrected chi connectivity index (χ1v) is 17.4. The molecule has 42 heavy (non-hydrogen) atoms. The molecule has 1 saturated heterocycles. The number of esters is 1. The van der Waals surface area contributed by atoms with Crippen LogP contribution in [0.5, 0.6) is 0 Å². The molecule has 1 aliphatic heterocycles. The molecule has 5 fully saturated rings. The van der Waals surface area contributed by atoms with E-state index in [0.29, 0.717) is 18.3 Å². The molecule has 6 aliphatic rings. The van der Waals surface area contributed by atoms with Crippen molar-refractivity contribution in [1.82, 2.24) is 4.90 Å². The number of hydrogen-bond acceptors (Lipinski definition) is 4. The van der Waals surface area contributed by atoms with Gasteiger partial charge in [-0.05, 0) is 130 Å². The summed E-state index contributed by atoms with van der Waals surface area (Å²) in [5.74, 6) is 0.679. The van der Waals surface area contributed by atoms with Crippen molar-refractivity contribution in [1.29, 1.82) is 0 Å². The van der Waals surface area contributed by atoms with Crippen molar-refractivity contribution < 1.29 is 19.4 Å². The maximum atomic E-state index is 13.0. The van der Waals surface area contributed by atoms with Crippen LogP contribution < -0.4 is 0 Å². The summed E-state index contributed by atoms with van der Waals surface area (Å²) in [6.45, 7) is 20.2. The fourth-order valence-electron chi connectivity index (χ4n) is 12.3. The Morgan fingerprint density at radius 1 is 0.905 bits per heavy atom. The van der Waals surface area contributed by atoms with E-state index in [-0.39, 0.29) is 45.1 Å². The van der Waals surface area contributed by atoms with Crippen molar-refractivity contribution in [3.63, 3.8) is 0 Å². The van der Waals surface area contributed by atoms with Gasteiger partial charge in [-0.15, -0.1) is 0 Å². The minimum absolute atomic E-state index is 0.00776.